The van der Waals surface area contributed by atoms with Crippen LogP contribution in [-0.2, 0) is 6.42 Å². The molecule has 0 aliphatic carbocycles. The van der Waals surface area contributed by atoms with Gasteiger partial charge >= 0.3 is 0 Å². The zero-order valence-corrected chi connectivity index (χ0v) is 6.84. The van der Waals surface area contributed by atoms with Gasteiger partial charge in [-0.05, 0) is 6.08 Å². The molecule has 2 rings (SSSR count). The Kier molecular flexibility index (Phi) is 1.63. The summed E-state index contributed by atoms with van der Waals surface area (Å²) in [6, 6.07) is 0. The highest BCUT2D eigenvalue weighted by atomic mass is 32.2. The van der Waals surface area contributed by atoms with E-state index in [-0.39, 0.29) is 0 Å². The molecule has 0 amide bonds. The minimum atomic E-state index is 0.990. The van der Waals surface area contributed by atoms with Crippen molar-refractivity contribution in [1.82, 2.24) is 4.98 Å². The fraction of sp³-hybridized carbons (Fsp3) is 0.143. The van der Waals surface area contributed by atoms with E-state index in [1.54, 1.807) is 23.1 Å². The Morgan fingerprint density at radius 3 is 3.60 bits per heavy atom. The summed E-state index contributed by atoms with van der Waals surface area (Å²) in [6.07, 6.45) is 3.03. The monoisotopic (exact) mass is 167 g/mol. The van der Waals surface area contributed by atoms with Crippen molar-refractivity contribution in [2.24, 2.45) is 0 Å². The lowest BCUT2D eigenvalue weighted by Gasteiger charge is -1.88. The molecule has 2 heterocycles. The molecule has 0 fully saturated rings. The first-order valence-electron chi connectivity index (χ1n) is 2.95. The van der Waals surface area contributed by atoms with E-state index >= 15 is 0 Å². The van der Waals surface area contributed by atoms with Crippen LogP contribution in [0.1, 0.15) is 4.88 Å². The van der Waals surface area contributed by atoms with Gasteiger partial charge in [0.15, 0.2) is 0 Å². The Labute approximate surface area is 67.5 Å². The minimum Gasteiger partial charge on any atom is -0.238 e. The average molecular weight is 167 g/mol. The van der Waals surface area contributed by atoms with Crippen LogP contribution in [0.5, 0.6) is 0 Å². The number of fused-ring (bicyclic) bond motifs is 1. The van der Waals surface area contributed by atoms with Crippen molar-refractivity contribution in [3.05, 3.63) is 27.6 Å². The summed E-state index contributed by atoms with van der Waals surface area (Å²) in [4.78, 5) is 5.56. The number of hydrogen-bond donors (Lipinski definition) is 0. The van der Waals surface area contributed by atoms with Crippen LogP contribution >= 0.6 is 23.1 Å². The molecule has 1 aliphatic heterocycles. The molecule has 1 nitrogen and oxygen atoms in total. The Bertz CT molecular complexity index is 270. The third-order valence-electron chi connectivity index (χ3n) is 1.25. The molecule has 0 spiro atoms. The molecule has 0 unspecified atom stereocenters. The van der Waals surface area contributed by atoms with Gasteiger partial charge in [0.1, 0.15) is 5.03 Å². The van der Waals surface area contributed by atoms with Crippen LogP contribution in [0, 0.1) is 0 Å². The predicted octanol–water partition coefficient (Wildman–Crippen LogP) is 2.46. The van der Waals surface area contributed by atoms with E-state index in [1.807, 2.05) is 17.0 Å². The van der Waals surface area contributed by atoms with E-state index in [4.69, 9.17) is 0 Å². The third kappa shape index (κ3) is 1.03. The van der Waals surface area contributed by atoms with Crippen molar-refractivity contribution in [3.63, 3.8) is 0 Å². The Balaban J connectivity index is 2.45. The summed E-state index contributed by atoms with van der Waals surface area (Å²) in [7, 11) is 0. The maximum absolute atomic E-state index is 4.21. The van der Waals surface area contributed by atoms with Gasteiger partial charge in [0.2, 0.25) is 0 Å². The van der Waals surface area contributed by atoms with Gasteiger partial charge in [-0.2, -0.15) is 0 Å². The molecular formula is C7H5NS2. The van der Waals surface area contributed by atoms with Gasteiger partial charge in [-0.25, -0.2) is 4.98 Å². The molecule has 0 aromatic carbocycles. The van der Waals surface area contributed by atoms with Gasteiger partial charge in [0.05, 0.1) is 5.51 Å². The second kappa shape index (κ2) is 2.62. The van der Waals surface area contributed by atoms with E-state index in [9.17, 15) is 0 Å². The van der Waals surface area contributed by atoms with E-state index in [1.165, 1.54) is 4.88 Å². The largest absolute Gasteiger partial charge is 0.238 e. The number of allylic oxidation sites excluding steroid dienone is 1. The topological polar surface area (TPSA) is 12.9 Å². The molecule has 3 heteroatoms. The number of nitrogens with zero attached hydrogens (tertiary/aromatic N) is 1. The highest BCUT2D eigenvalue weighted by molar-refractivity contribution is 8.02. The quantitative estimate of drug-likeness (QED) is 0.550. The summed E-state index contributed by atoms with van der Waals surface area (Å²) < 4.78 is 0. The third-order valence-corrected chi connectivity index (χ3v) is 3.06. The molecule has 0 saturated carbocycles. The normalized spacial score (nSPS) is 14.8. The maximum atomic E-state index is 4.21. The van der Waals surface area contributed by atoms with Crippen LogP contribution in [-0.4, -0.2) is 4.98 Å². The smallest absolute Gasteiger partial charge is 0.115 e. The molecule has 50 valence electrons. The molecule has 1 aliphatic rings. The fourth-order valence-electron chi connectivity index (χ4n) is 0.781. The van der Waals surface area contributed by atoms with Crippen molar-refractivity contribution in [1.29, 1.82) is 0 Å². The minimum absolute atomic E-state index is 0.990. The molecule has 0 N–H and O–H groups in total. The second-order valence-electron chi connectivity index (χ2n) is 1.89. The first-order valence-corrected chi connectivity index (χ1v) is 4.71. The highest BCUT2D eigenvalue weighted by Gasteiger charge is 2.04. The van der Waals surface area contributed by atoms with Crippen LogP contribution in [0.2, 0.25) is 0 Å². The number of thiazole rings is 1. The first-order chi connectivity index (χ1) is 4.97. The van der Waals surface area contributed by atoms with Crippen LogP contribution in [0.4, 0.5) is 0 Å². The molecule has 10 heavy (non-hydrogen) atoms. The molecule has 1 aromatic heterocycles. The van der Waals surface area contributed by atoms with E-state index in [0.717, 1.165) is 11.4 Å². The van der Waals surface area contributed by atoms with Gasteiger partial charge in [-0.3, -0.25) is 0 Å². The SMILES string of the molecule is C1=CCc2scnc2SC=1. The fourth-order valence-corrected chi connectivity index (χ4v) is 2.36. The highest BCUT2D eigenvalue weighted by Crippen LogP contribution is 2.27. The van der Waals surface area contributed by atoms with E-state index in [0.29, 0.717) is 0 Å². The zero-order valence-electron chi connectivity index (χ0n) is 5.20. The zero-order chi connectivity index (χ0) is 6.81. The van der Waals surface area contributed by atoms with Gasteiger partial charge in [0.25, 0.3) is 0 Å². The predicted molar refractivity (Wildman–Crippen MR) is 44.3 cm³/mol. The van der Waals surface area contributed by atoms with Gasteiger partial charge in [-0.1, -0.05) is 11.8 Å². The lowest BCUT2D eigenvalue weighted by Crippen LogP contribution is -1.75. The van der Waals surface area contributed by atoms with Crippen molar-refractivity contribution in [3.8, 4) is 0 Å². The molecule has 0 saturated heterocycles. The van der Waals surface area contributed by atoms with Gasteiger partial charge < -0.3 is 0 Å². The van der Waals surface area contributed by atoms with Crippen LogP contribution in [0.3, 0.4) is 0 Å². The number of hydrogen-bond acceptors (Lipinski definition) is 3. The van der Waals surface area contributed by atoms with Gasteiger partial charge in [-0.15, -0.1) is 17.1 Å². The first kappa shape index (κ1) is 6.23. The summed E-state index contributed by atoms with van der Waals surface area (Å²) in [5.74, 6) is 0. The summed E-state index contributed by atoms with van der Waals surface area (Å²) >= 11 is 3.36. The molecule has 0 radical (unpaired) electrons. The molecular weight excluding hydrogens is 162 g/mol. The van der Waals surface area contributed by atoms with Crippen LogP contribution in [0.15, 0.2) is 27.8 Å². The van der Waals surface area contributed by atoms with Crippen molar-refractivity contribution < 1.29 is 0 Å². The molecule has 1 aromatic rings. The van der Waals surface area contributed by atoms with E-state index < -0.39 is 0 Å². The van der Waals surface area contributed by atoms with Crippen LogP contribution in [0.25, 0.3) is 0 Å². The Hall–Kier alpha value is -0.500. The Morgan fingerprint density at radius 2 is 2.60 bits per heavy atom. The lowest BCUT2D eigenvalue weighted by atomic mass is 10.4. The summed E-state index contributed by atoms with van der Waals surface area (Å²) in [5, 5.41) is 3.09. The van der Waals surface area contributed by atoms with Crippen molar-refractivity contribution >= 4 is 23.1 Å². The lowest BCUT2D eigenvalue weighted by molar-refractivity contribution is 1.13. The van der Waals surface area contributed by atoms with E-state index in [2.05, 4.69) is 10.7 Å². The average Bonchev–Trinajstić information content (AvgIpc) is 2.28. The standard InChI is InChI=1S/C7H5NS2/c1-2-4-9-7-6(3-1)10-5-8-7/h1,4-5H,3H2. The second-order valence-corrected chi connectivity index (χ2v) is 3.69. The maximum Gasteiger partial charge on any atom is 0.115 e. The van der Waals surface area contributed by atoms with Crippen LogP contribution < -0.4 is 0 Å². The van der Waals surface area contributed by atoms with Gasteiger partial charge in [0, 0.05) is 16.7 Å². The Morgan fingerprint density at radius 1 is 1.60 bits per heavy atom. The number of thioether (sulfide) groups is 1. The molecule has 0 atom stereocenters. The number of aromatic nitrogens is 1. The molecule has 0 bridgehead atoms. The summed E-state index contributed by atoms with van der Waals surface area (Å²) in [5.41, 5.74) is 4.95. The number of rotatable bonds is 0. The van der Waals surface area contributed by atoms with Crippen molar-refractivity contribution in [2.45, 2.75) is 11.4 Å². The van der Waals surface area contributed by atoms with Crippen molar-refractivity contribution in [2.75, 3.05) is 0 Å². The summed E-state index contributed by atoms with van der Waals surface area (Å²) in [6.45, 7) is 0.